The SMILES string of the molecule is COc1cc(Br)c(OC)c(C(=O)N2CCC(C(=O)Nc3ccc4c(c3)OCO4)CC2)c1. The van der Waals surface area contributed by atoms with Gasteiger partial charge in [-0.2, -0.15) is 0 Å². The third-order valence-corrected chi connectivity index (χ3v) is 6.07. The molecule has 2 amide bonds. The minimum absolute atomic E-state index is 0.0623. The van der Waals surface area contributed by atoms with Crippen molar-refractivity contribution in [3.05, 3.63) is 40.4 Å². The van der Waals surface area contributed by atoms with Crippen molar-refractivity contribution in [2.24, 2.45) is 5.92 Å². The molecule has 2 aliphatic rings. The monoisotopic (exact) mass is 490 g/mol. The van der Waals surface area contributed by atoms with Gasteiger partial charge in [0.15, 0.2) is 11.5 Å². The van der Waals surface area contributed by atoms with Crippen molar-refractivity contribution in [2.45, 2.75) is 12.8 Å². The van der Waals surface area contributed by atoms with E-state index in [1.807, 2.05) is 0 Å². The number of nitrogens with one attached hydrogen (secondary N) is 1. The second kappa shape index (κ2) is 9.05. The number of methoxy groups -OCH3 is 2. The molecule has 0 radical (unpaired) electrons. The second-order valence-electron chi connectivity index (χ2n) is 7.31. The van der Waals surface area contributed by atoms with E-state index in [2.05, 4.69) is 21.2 Å². The van der Waals surface area contributed by atoms with Gasteiger partial charge in [0.25, 0.3) is 5.91 Å². The van der Waals surface area contributed by atoms with Crippen LogP contribution in [-0.4, -0.2) is 50.8 Å². The molecule has 0 bridgehead atoms. The minimum Gasteiger partial charge on any atom is -0.497 e. The van der Waals surface area contributed by atoms with E-state index >= 15 is 0 Å². The summed E-state index contributed by atoms with van der Waals surface area (Å²) >= 11 is 3.42. The van der Waals surface area contributed by atoms with Crippen LogP contribution in [-0.2, 0) is 4.79 Å². The lowest BCUT2D eigenvalue weighted by atomic mass is 9.95. The molecular formula is C22H23BrN2O6. The summed E-state index contributed by atoms with van der Waals surface area (Å²) in [5.74, 6) is 1.94. The van der Waals surface area contributed by atoms with Gasteiger partial charge in [0, 0.05) is 30.8 Å². The van der Waals surface area contributed by atoms with Gasteiger partial charge in [0.05, 0.1) is 24.3 Å². The van der Waals surface area contributed by atoms with Crippen LogP contribution in [0.15, 0.2) is 34.8 Å². The first kappa shape index (κ1) is 21.3. The van der Waals surface area contributed by atoms with Gasteiger partial charge < -0.3 is 29.2 Å². The number of carbonyl (C=O) groups is 2. The predicted octanol–water partition coefficient (Wildman–Crippen LogP) is 3.69. The summed E-state index contributed by atoms with van der Waals surface area (Å²) in [5, 5.41) is 2.94. The maximum Gasteiger partial charge on any atom is 0.257 e. The first-order chi connectivity index (χ1) is 15.0. The van der Waals surface area contributed by atoms with E-state index in [1.165, 1.54) is 7.11 Å². The lowest BCUT2D eigenvalue weighted by Gasteiger charge is -2.32. The van der Waals surface area contributed by atoms with Crippen LogP contribution in [0.4, 0.5) is 5.69 Å². The molecule has 0 aromatic heterocycles. The zero-order chi connectivity index (χ0) is 22.0. The summed E-state index contributed by atoms with van der Waals surface area (Å²) in [7, 11) is 3.07. The number of ether oxygens (including phenoxy) is 4. The van der Waals surface area contributed by atoms with Crippen molar-refractivity contribution >= 4 is 33.4 Å². The Bertz CT molecular complexity index is 1000. The lowest BCUT2D eigenvalue weighted by Crippen LogP contribution is -2.41. The molecule has 0 spiro atoms. The molecule has 1 saturated heterocycles. The molecule has 1 fully saturated rings. The largest absolute Gasteiger partial charge is 0.497 e. The summed E-state index contributed by atoms with van der Waals surface area (Å²) in [6.45, 7) is 1.15. The van der Waals surface area contributed by atoms with Crippen LogP contribution in [0, 0.1) is 5.92 Å². The Balaban J connectivity index is 1.39. The molecule has 9 heteroatoms. The molecule has 31 heavy (non-hydrogen) atoms. The number of hydrogen-bond acceptors (Lipinski definition) is 6. The fourth-order valence-electron chi connectivity index (χ4n) is 3.79. The molecule has 4 rings (SSSR count). The number of piperidine rings is 1. The van der Waals surface area contributed by atoms with E-state index < -0.39 is 0 Å². The van der Waals surface area contributed by atoms with Crippen LogP contribution in [0.2, 0.25) is 0 Å². The van der Waals surface area contributed by atoms with Gasteiger partial charge in [-0.1, -0.05) is 0 Å². The van der Waals surface area contributed by atoms with Crippen LogP contribution < -0.4 is 24.3 Å². The highest BCUT2D eigenvalue weighted by Crippen LogP contribution is 2.36. The van der Waals surface area contributed by atoms with Gasteiger partial charge in [0.2, 0.25) is 12.7 Å². The quantitative estimate of drug-likeness (QED) is 0.687. The first-order valence-electron chi connectivity index (χ1n) is 9.91. The van der Waals surface area contributed by atoms with E-state index in [4.69, 9.17) is 18.9 Å². The van der Waals surface area contributed by atoms with Gasteiger partial charge in [-0.3, -0.25) is 9.59 Å². The van der Waals surface area contributed by atoms with Crippen molar-refractivity contribution in [3.8, 4) is 23.0 Å². The van der Waals surface area contributed by atoms with Crippen molar-refractivity contribution in [1.82, 2.24) is 4.90 Å². The third kappa shape index (κ3) is 4.41. The minimum atomic E-state index is -0.173. The van der Waals surface area contributed by atoms with E-state index in [-0.39, 0.29) is 24.5 Å². The van der Waals surface area contributed by atoms with Crippen LogP contribution in [0.5, 0.6) is 23.0 Å². The maximum atomic E-state index is 13.1. The van der Waals surface area contributed by atoms with Crippen LogP contribution in [0.25, 0.3) is 0 Å². The Morgan fingerprint density at radius 3 is 2.52 bits per heavy atom. The summed E-state index contributed by atoms with van der Waals surface area (Å²) in [4.78, 5) is 27.6. The van der Waals surface area contributed by atoms with E-state index in [9.17, 15) is 9.59 Å². The lowest BCUT2D eigenvalue weighted by molar-refractivity contribution is -0.121. The van der Waals surface area contributed by atoms with Gasteiger partial charge in [-0.05, 0) is 53.0 Å². The number of halogens is 1. The molecule has 1 N–H and O–H groups in total. The Morgan fingerprint density at radius 2 is 1.81 bits per heavy atom. The van der Waals surface area contributed by atoms with Crippen LogP contribution in [0.3, 0.4) is 0 Å². The number of hydrogen-bond donors (Lipinski definition) is 1. The van der Waals surface area contributed by atoms with E-state index in [0.717, 1.165) is 0 Å². The van der Waals surface area contributed by atoms with Crippen molar-refractivity contribution in [3.63, 3.8) is 0 Å². The number of carbonyl (C=O) groups excluding carboxylic acids is 2. The summed E-state index contributed by atoms with van der Waals surface area (Å²) in [6.07, 6.45) is 1.16. The molecule has 0 unspecified atom stereocenters. The molecule has 0 atom stereocenters. The summed E-state index contributed by atoms with van der Waals surface area (Å²) in [5.41, 5.74) is 1.09. The highest BCUT2D eigenvalue weighted by molar-refractivity contribution is 9.10. The van der Waals surface area contributed by atoms with Crippen LogP contribution in [0.1, 0.15) is 23.2 Å². The smallest absolute Gasteiger partial charge is 0.257 e. The zero-order valence-electron chi connectivity index (χ0n) is 17.3. The second-order valence-corrected chi connectivity index (χ2v) is 8.17. The number of amides is 2. The fourth-order valence-corrected chi connectivity index (χ4v) is 4.39. The predicted molar refractivity (Wildman–Crippen MR) is 117 cm³/mol. The normalized spacial score (nSPS) is 15.5. The van der Waals surface area contributed by atoms with Gasteiger partial charge in [0.1, 0.15) is 11.5 Å². The molecule has 2 aromatic carbocycles. The van der Waals surface area contributed by atoms with Gasteiger partial charge in [-0.25, -0.2) is 0 Å². The van der Waals surface area contributed by atoms with E-state index in [1.54, 1.807) is 42.3 Å². The van der Waals surface area contributed by atoms with Gasteiger partial charge in [-0.15, -0.1) is 0 Å². The highest BCUT2D eigenvalue weighted by Gasteiger charge is 2.30. The number of benzene rings is 2. The Morgan fingerprint density at radius 1 is 1.06 bits per heavy atom. The first-order valence-corrected chi connectivity index (χ1v) is 10.7. The fraction of sp³-hybridized carbons (Fsp3) is 0.364. The number of fused-ring (bicyclic) bond motifs is 1. The average molecular weight is 491 g/mol. The van der Waals surface area contributed by atoms with Gasteiger partial charge >= 0.3 is 0 Å². The van der Waals surface area contributed by atoms with Crippen LogP contribution >= 0.6 is 15.9 Å². The molecule has 2 aliphatic heterocycles. The maximum absolute atomic E-state index is 13.1. The topological polar surface area (TPSA) is 86.3 Å². The third-order valence-electron chi connectivity index (χ3n) is 5.48. The number of likely N-dealkylation sites (tertiary alicyclic amines) is 1. The van der Waals surface area contributed by atoms with E-state index in [0.29, 0.717) is 64.7 Å². The average Bonchev–Trinajstić information content (AvgIpc) is 3.26. The Hall–Kier alpha value is -2.94. The molecular weight excluding hydrogens is 468 g/mol. The standard InChI is InChI=1S/C22H23BrN2O6/c1-28-15-10-16(20(29-2)17(23)11-15)22(27)25-7-5-13(6-8-25)21(26)24-14-3-4-18-19(9-14)31-12-30-18/h3-4,9-11,13H,5-8,12H2,1-2H3,(H,24,26). The highest BCUT2D eigenvalue weighted by atomic mass is 79.9. The number of anilines is 1. The molecule has 164 valence electrons. The summed E-state index contributed by atoms with van der Waals surface area (Å²) < 4.78 is 22.0. The molecule has 8 nitrogen and oxygen atoms in total. The van der Waals surface area contributed by atoms with Crippen molar-refractivity contribution < 1.29 is 28.5 Å². The number of rotatable bonds is 5. The molecule has 0 aliphatic carbocycles. The zero-order valence-corrected chi connectivity index (χ0v) is 18.9. The van der Waals surface area contributed by atoms with Crippen molar-refractivity contribution in [2.75, 3.05) is 39.4 Å². The Kier molecular flexibility index (Phi) is 6.22. The molecule has 2 aromatic rings. The molecule has 0 saturated carbocycles. The summed E-state index contributed by atoms with van der Waals surface area (Å²) in [6, 6.07) is 8.74. The number of nitrogens with zero attached hydrogens (tertiary/aromatic N) is 1. The van der Waals surface area contributed by atoms with Crippen molar-refractivity contribution in [1.29, 1.82) is 0 Å². The Labute approximate surface area is 188 Å². The molecule has 2 heterocycles.